The zero-order valence-electron chi connectivity index (χ0n) is 15.2. The van der Waals surface area contributed by atoms with E-state index in [4.69, 9.17) is 0 Å². The highest BCUT2D eigenvalue weighted by molar-refractivity contribution is 8.00. The molecule has 0 fully saturated rings. The van der Waals surface area contributed by atoms with Gasteiger partial charge in [-0.05, 0) is 36.3 Å². The summed E-state index contributed by atoms with van der Waals surface area (Å²) in [5.74, 6) is -0.576. The van der Waals surface area contributed by atoms with Crippen molar-refractivity contribution < 1.29 is 18.0 Å². The molecule has 1 N–H and O–H groups in total. The molecule has 2 aromatic rings. The Bertz CT molecular complexity index is 764. The number of amides is 1. The van der Waals surface area contributed by atoms with Crippen LogP contribution in [0.15, 0.2) is 47.6 Å². The summed E-state index contributed by atoms with van der Waals surface area (Å²) in [5, 5.41) is 2.36. The number of rotatable bonds is 8. The lowest BCUT2D eigenvalue weighted by Crippen LogP contribution is -2.26. The van der Waals surface area contributed by atoms with E-state index in [1.54, 1.807) is 0 Å². The molecule has 4 nitrogen and oxygen atoms in total. The Hall–Kier alpha value is -2.06. The predicted octanol–water partition coefficient (Wildman–Crippen LogP) is 4.47. The average Bonchev–Trinajstić information content (AvgIpc) is 2.64. The smallest absolute Gasteiger partial charge is 0.348 e. The van der Waals surface area contributed by atoms with Crippen LogP contribution >= 0.6 is 11.8 Å². The summed E-state index contributed by atoms with van der Waals surface area (Å²) in [6.45, 7) is 6.96. The largest absolute Gasteiger partial charge is 0.447 e. The van der Waals surface area contributed by atoms with Gasteiger partial charge in [0.2, 0.25) is 0 Å². The lowest BCUT2D eigenvalue weighted by molar-refractivity contribution is -0.0329. The van der Waals surface area contributed by atoms with E-state index in [1.807, 2.05) is 24.3 Å². The van der Waals surface area contributed by atoms with Gasteiger partial charge in [-0.3, -0.25) is 9.69 Å². The van der Waals surface area contributed by atoms with E-state index in [0.29, 0.717) is 0 Å². The van der Waals surface area contributed by atoms with Gasteiger partial charge in [0.15, 0.2) is 0 Å². The Morgan fingerprint density at radius 2 is 1.78 bits per heavy atom. The van der Waals surface area contributed by atoms with Crippen molar-refractivity contribution in [2.45, 2.75) is 37.5 Å². The van der Waals surface area contributed by atoms with Crippen LogP contribution in [0, 0.1) is 0 Å². The molecule has 1 aromatic carbocycles. The number of carbonyl (C=O) groups is 1. The summed E-state index contributed by atoms with van der Waals surface area (Å²) >= 11 is -0.384. The number of nitrogens with one attached hydrogen (secondary N) is 1. The van der Waals surface area contributed by atoms with Crippen LogP contribution in [0.3, 0.4) is 0 Å². The second kappa shape index (κ2) is 9.75. The van der Waals surface area contributed by atoms with E-state index in [9.17, 15) is 18.0 Å². The van der Waals surface area contributed by atoms with E-state index >= 15 is 0 Å². The van der Waals surface area contributed by atoms with Crippen molar-refractivity contribution in [3.8, 4) is 0 Å². The second-order valence-corrected chi connectivity index (χ2v) is 6.87. The third kappa shape index (κ3) is 6.55. The van der Waals surface area contributed by atoms with E-state index < -0.39 is 11.4 Å². The lowest BCUT2D eigenvalue weighted by atomic mass is 10.1. The van der Waals surface area contributed by atoms with E-state index in [0.717, 1.165) is 30.8 Å². The summed E-state index contributed by atoms with van der Waals surface area (Å²) in [7, 11) is 0. The monoisotopic (exact) mass is 397 g/mol. The highest BCUT2D eigenvalue weighted by atomic mass is 32.2. The molecule has 0 spiro atoms. The van der Waals surface area contributed by atoms with Crippen LogP contribution in [0.25, 0.3) is 0 Å². The Kier molecular flexibility index (Phi) is 7.67. The van der Waals surface area contributed by atoms with E-state index in [2.05, 4.69) is 29.0 Å². The minimum atomic E-state index is -4.50. The molecule has 146 valence electrons. The Morgan fingerprint density at radius 1 is 1.11 bits per heavy atom. The molecule has 0 bridgehead atoms. The van der Waals surface area contributed by atoms with Crippen molar-refractivity contribution in [3.63, 3.8) is 0 Å². The van der Waals surface area contributed by atoms with Gasteiger partial charge in [0.05, 0.1) is 5.56 Å². The molecule has 0 aliphatic heterocycles. The van der Waals surface area contributed by atoms with Gasteiger partial charge >= 0.3 is 5.51 Å². The molecule has 1 amide bonds. The minimum Gasteiger partial charge on any atom is -0.348 e. The number of thioether (sulfide) groups is 1. The van der Waals surface area contributed by atoms with Crippen molar-refractivity contribution in [1.82, 2.24) is 15.2 Å². The zero-order chi connectivity index (χ0) is 19.9. The first kappa shape index (κ1) is 21.2. The fourth-order valence-electron chi connectivity index (χ4n) is 2.60. The van der Waals surface area contributed by atoms with Gasteiger partial charge in [-0.2, -0.15) is 13.2 Å². The van der Waals surface area contributed by atoms with Crippen LogP contribution in [-0.4, -0.2) is 34.4 Å². The van der Waals surface area contributed by atoms with Crippen LogP contribution in [0.5, 0.6) is 0 Å². The highest BCUT2D eigenvalue weighted by Crippen LogP contribution is 2.37. The van der Waals surface area contributed by atoms with Crippen molar-refractivity contribution >= 4 is 17.7 Å². The Balaban J connectivity index is 2.11. The molecule has 0 saturated heterocycles. The molecule has 8 heteroatoms. The zero-order valence-corrected chi connectivity index (χ0v) is 16.0. The first-order chi connectivity index (χ1) is 12.8. The average molecular weight is 397 g/mol. The molecular weight excluding hydrogens is 375 g/mol. The number of pyridine rings is 1. The fourth-order valence-corrected chi connectivity index (χ4v) is 3.20. The van der Waals surface area contributed by atoms with Gasteiger partial charge < -0.3 is 5.32 Å². The summed E-state index contributed by atoms with van der Waals surface area (Å²) < 4.78 is 38.0. The third-order valence-electron chi connectivity index (χ3n) is 4.07. The molecule has 0 aliphatic rings. The quantitative estimate of drug-likeness (QED) is 0.668. The molecule has 27 heavy (non-hydrogen) atoms. The lowest BCUT2D eigenvalue weighted by Gasteiger charge is -2.20. The number of hydrogen-bond acceptors (Lipinski definition) is 4. The fraction of sp³-hybridized carbons (Fsp3) is 0.368. The van der Waals surface area contributed by atoms with Crippen molar-refractivity contribution in [1.29, 1.82) is 0 Å². The Labute approximate surface area is 161 Å². The van der Waals surface area contributed by atoms with Gasteiger partial charge in [-0.15, -0.1) is 0 Å². The van der Waals surface area contributed by atoms with E-state index in [1.165, 1.54) is 18.3 Å². The maximum absolute atomic E-state index is 12.7. The molecule has 0 saturated carbocycles. The number of benzene rings is 1. The number of nitrogens with zero attached hydrogens (tertiary/aromatic N) is 2. The molecule has 2 rings (SSSR count). The molecule has 1 heterocycles. The first-order valence-electron chi connectivity index (χ1n) is 8.62. The van der Waals surface area contributed by atoms with Crippen LogP contribution in [0.4, 0.5) is 13.2 Å². The molecule has 0 aliphatic carbocycles. The van der Waals surface area contributed by atoms with Gasteiger partial charge in [-0.25, -0.2) is 4.98 Å². The normalized spacial score (nSPS) is 11.6. The minimum absolute atomic E-state index is 0.0824. The summed E-state index contributed by atoms with van der Waals surface area (Å²) in [4.78, 5) is 18.4. The van der Waals surface area contributed by atoms with Crippen molar-refractivity contribution in [2.75, 3.05) is 13.1 Å². The molecular formula is C19H22F3N3OS. The SMILES string of the molecule is CCN(CC)Cc1ccccc1CNC(=O)c1cccnc1SC(F)(F)F. The van der Waals surface area contributed by atoms with Gasteiger partial charge in [-0.1, -0.05) is 38.1 Å². The summed E-state index contributed by atoms with van der Waals surface area (Å²) in [6, 6.07) is 10.5. The Morgan fingerprint density at radius 3 is 2.41 bits per heavy atom. The molecule has 0 unspecified atom stereocenters. The second-order valence-electron chi connectivity index (χ2n) is 5.82. The van der Waals surface area contributed by atoms with Gasteiger partial charge in [0, 0.05) is 31.0 Å². The molecule has 0 atom stereocenters. The maximum Gasteiger partial charge on any atom is 0.447 e. The topological polar surface area (TPSA) is 45.2 Å². The van der Waals surface area contributed by atoms with Crippen LogP contribution in [0.1, 0.15) is 35.3 Å². The summed E-state index contributed by atoms with van der Waals surface area (Å²) in [6.07, 6.45) is 1.24. The van der Waals surface area contributed by atoms with Crippen LogP contribution in [0.2, 0.25) is 0 Å². The number of alkyl halides is 3. The van der Waals surface area contributed by atoms with Crippen molar-refractivity contribution in [3.05, 3.63) is 59.3 Å². The van der Waals surface area contributed by atoms with Gasteiger partial charge in [0.1, 0.15) is 5.03 Å². The first-order valence-corrected chi connectivity index (χ1v) is 9.43. The predicted molar refractivity (Wildman–Crippen MR) is 100 cm³/mol. The van der Waals surface area contributed by atoms with Crippen molar-refractivity contribution in [2.24, 2.45) is 0 Å². The number of aromatic nitrogens is 1. The van der Waals surface area contributed by atoms with E-state index in [-0.39, 0.29) is 28.9 Å². The van der Waals surface area contributed by atoms with Crippen LogP contribution < -0.4 is 5.32 Å². The number of hydrogen-bond donors (Lipinski definition) is 1. The third-order valence-corrected chi connectivity index (χ3v) is 4.82. The maximum atomic E-state index is 12.7. The van der Waals surface area contributed by atoms with Crippen LogP contribution in [-0.2, 0) is 13.1 Å². The number of halogens is 3. The molecule has 0 radical (unpaired) electrons. The highest BCUT2D eigenvalue weighted by Gasteiger charge is 2.32. The summed E-state index contributed by atoms with van der Waals surface area (Å²) in [5.41, 5.74) is -2.56. The standard InChI is InChI=1S/C19H22F3N3OS/c1-3-25(4-2)13-15-9-6-5-8-14(15)12-24-17(26)16-10-7-11-23-18(16)27-19(20,21)22/h5-11H,3-4,12-13H2,1-2H3,(H,24,26). The molecule has 1 aromatic heterocycles. The number of carbonyl (C=O) groups excluding carboxylic acids is 1. The van der Waals surface area contributed by atoms with Gasteiger partial charge in [0.25, 0.3) is 5.91 Å².